The second kappa shape index (κ2) is 11.2. The fourth-order valence-electron chi connectivity index (χ4n) is 3.65. The number of ether oxygens (including phenoxy) is 2. The van der Waals surface area contributed by atoms with E-state index in [-0.39, 0.29) is 11.4 Å². The van der Waals surface area contributed by atoms with E-state index in [2.05, 4.69) is 20.8 Å². The van der Waals surface area contributed by atoms with E-state index in [9.17, 15) is 22.8 Å². The van der Waals surface area contributed by atoms with E-state index >= 15 is 0 Å². The van der Waals surface area contributed by atoms with Gasteiger partial charge in [0.15, 0.2) is 18.1 Å². The zero-order valence-corrected chi connectivity index (χ0v) is 19.7. The third-order valence-electron chi connectivity index (χ3n) is 5.45. The maximum atomic E-state index is 13.3. The summed E-state index contributed by atoms with van der Waals surface area (Å²) >= 11 is 0. The molecule has 10 nitrogen and oxygen atoms in total. The lowest BCUT2D eigenvalue weighted by Crippen LogP contribution is -2.37. The number of hydrogen-bond acceptors (Lipinski definition) is 8. The Morgan fingerprint density at radius 3 is 2.51 bits per heavy atom. The summed E-state index contributed by atoms with van der Waals surface area (Å²) < 4.78 is 51.6. The summed E-state index contributed by atoms with van der Waals surface area (Å²) in [7, 11) is 0. The van der Waals surface area contributed by atoms with Crippen molar-refractivity contribution in [2.75, 3.05) is 43.1 Å². The van der Waals surface area contributed by atoms with Gasteiger partial charge >= 0.3 is 12.1 Å². The first kappa shape index (κ1) is 25.8. The van der Waals surface area contributed by atoms with Gasteiger partial charge in [-0.1, -0.05) is 30.3 Å². The van der Waals surface area contributed by atoms with Gasteiger partial charge in [-0.3, -0.25) is 4.79 Å². The standard InChI is InChI=1S/C24H23F3N6O4/c1-16-29-30-31-33(16)21(13-17-5-3-2-4-6-17)23(35)37-15-22(34)28-19-14-18(24(25,26)27)7-8-20(19)32-9-11-36-12-10-32/h2-8,13-14H,9-12,15H2,1H3,(H,28,34). The maximum Gasteiger partial charge on any atom is 0.416 e. The molecule has 0 unspecified atom stereocenters. The van der Waals surface area contributed by atoms with Crippen LogP contribution in [-0.4, -0.2) is 65.0 Å². The predicted molar refractivity (Wildman–Crippen MR) is 127 cm³/mol. The number of morpholine rings is 1. The molecule has 1 saturated heterocycles. The number of aromatic nitrogens is 4. The number of benzene rings is 2. The van der Waals surface area contributed by atoms with Crippen molar-refractivity contribution < 1.29 is 32.2 Å². The van der Waals surface area contributed by atoms with Gasteiger partial charge in [-0.05, 0) is 47.2 Å². The molecule has 1 aliphatic heterocycles. The molecule has 4 rings (SSSR count). The summed E-state index contributed by atoms with van der Waals surface area (Å²) in [6, 6.07) is 12.0. The van der Waals surface area contributed by atoms with Gasteiger partial charge in [0.05, 0.1) is 30.2 Å². The van der Waals surface area contributed by atoms with Crippen LogP contribution in [0.25, 0.3) is 11.8 Å². The highest BCUT2D eigenvalue weighted by atomic mass is 19.4. The Balaban J connectivity index is 1.51. The van der Waals surface area contributed by atoms with Crippen molar-refractivity contribution in [2.45, 2.75) is 13.1 Å². The highest BCUT2D eigenvalue weighted by Crippen LogP contribution is 2.35. The molecule has 1 fully saturated rings. The molecule has 0 bridgehead atoms. The minimum Gasteiger partial charge on any atom is -0.451 e. The number of alkyl halides is 3. The predicted octanol–water partition coefficient (Wildman–Crippen LogP) is 3.02. The van der Waals surface area contributed by atoms with Crippen LogP contribution in [0.15, 0.2) is 48.5 Å². The molecular formula is C24H23F3N6O4. The number of nitrogens with zero attached hydrogens (tertiary/aromatic N) is 5. The van der Waals surface area contributed by atoms with E-state index in [1.54, 1.807) is 37.3 Å². The first-order valence-electron chi connectivity index (χ1n) is 11.3. The van der Waals surface area contributed by atoms with Crippen LogP contribution in [-0.2, 0) is 25.2 Å². The zero-order chi connectivity index (χ0) is 26.4. The fraction of sp³-hybridized carbons (Fsp3) is 0.292. The molecule has 1 N–H and O–H groups in total. The van der Waals surface area contributed by atoms with Gasteiger partial charge in [0, 0.05) is 13.1 Å². The summed E-state index contributed by atoms with van der Waals surface area (Å²) in [5.74, 6) is -1.40. The molecule has 0 atom stereocenters. The summed E-state index contributed by atoms with van der Waals surface area (Å²) in [6.07, 6.45) is -3.11. The van der Waals surface area contributed by atoms with Crippen LogP contribution in [0, 0.1) is 6.92 Å². The van der Waals surface area contributed by atoms with Crippen LogP contribution in [0.3, 0.4) is 0 Å². The first-order valence-corrected chi connectivity index (χ1v) is 11.3. The molecule has 3 aromatic rings. The van der Waals surface area contributed by atoms with E-state index in [1.807, 2.05) is 4.90 Å². The van der Waals surface area contributed by atoms with E-state index in [1.165, 1.54) is 12.1 Å². The van der Waals surface area contributed by atoms with Crippen LogP contribution < -0.4 is 10.2 Å². The molecule has 13 heteroatoms. The van der Waals surface area contributed by atoms with Gasteiger partial charge in [-0.2, -0.15) is 17.9 Å². The Morgan fingerprint density at radius 2 is 1.86 bits per heavy atom. The summed E-state index contributed by atoms with van der Waals surface area (Å²) in [5, 5.41) is 13.5. The number of halogens is 3. The number of nitrogens with one attached hydrogen (secondary N) is 1. The molecule has 1 aliphatic rings. The van der Waals surface area contributed by atoms with Crippen molar-refractivity contribution in [2.24, 2.45) is 0 Å². The van der Waals surface area contributed by atoms with Crippen molar-refractivity contribution in [3.05, 3.63) is 65.5 Å². The fourth-order valence-corrected chi connectivity index (χ4v) is 3.65. The van der Waals surface area contributed by atoms with E-state index in [4.69, 9.17) is 9.47 Å². The number of rotatable bonds is 7. The Kier molecular flexibility index (Phi) is 7.82. The number of amides is 1. The highest BCUT2D eigenvalue weighted by Gasteiger charge is 2.32. The molecule has 194 valence electrons. The van der Waals surface area contributed by atoms with Crippen LogP contribution >= 0.6 is 0 Å². The molecular weight excluding hydrogens is 493 g/mol. The van der Waals surface area contributed by atoms with Gasteiger partial charge in [0.25, 0.3) is 5.91 Å². The van der Waals surface area contributed by atoms with Gasteiger partial charge < -0.3 is 19.7 Å². The average Bonchev–Trinajstić information content (AvgIpc) is 3.31. The van der Waals surface area contributed by atoms with Gasteiger partial charge in [0.1, 0.15) is 0 Å². The minimum atomic E-state index is -4.60. The van der Waals surface area contributed by atoms with Crippen LogP contribution in [0.1, 0.15) is 17.0 Å². The molecule has 2 heterocycles. The number of anilines is 2. The molecule has 37 heavy (non-hydrogen) atoms. The Bertz CT molecular complexity index is 1290. The number of esters is 1. The summed E-state index contributed by atoms with van der Waals surface area (Å²) in [4.78, 5) is 27.4. The number of hydrogen-bond donors (Lipinski definition) is 1. The number of aryl methyl sites for hydroxylation is 1. The molecule has 1 amide bonds. The Morgan fingerprint density at radius 1 is 1.14 bits per heavy atom. The molecule has 0 aliphatic carbocycles. The van der Waals surface area contributed by atoms with Crippen molar-refractivity contribution in [1.82, 2.24) is 20.2 Å². The SMILES string of the molecule is Cc1nnnn1C(=Cc1ccccc1)C(=O)OCC(=O)Nc1cc(C(F)(F)F)ccc1N1CCOCC1. The molecule has 0 saturated carbocycles. The van der Waals surface area contributed by atoms with Gasteiger partial charge in [-0.25, -0.2) is 4.79 Å². The third-order valence-corrected chi connectivity index (χ3v) is 5.45. The summed E-state index contributed by atoms with van der Waals surface area (Å²) in [6.45, 7) is 2.53. The lowest BCUT2D eigenvalue weighted by molar-refractivity contribution is -0.141. The number of carbonyl (C=O) groups excluding carboxylic acids is 2. The minimum absolute atomic E-state index is 0.0467. The zero-order valence-electron chi connectivity index (χ0n) is 19.7. The Labute approximate surface area is 209 Å². The van der Waals surface area contributed by atoms with Crippen molar-refractivity contribution in [3.8, 4) is 0 Å². The number of tetrazole rings is 1. The number of carbonyl (C=O) groups is 2. The van der Waals surface area contributed by atoms with Crippen LogP contribution in [0.2, 0.25) is 0 Å². The van der Waals surface area contributed by atoms with Gasteiger partial charge in [0.2, 0.25) is 0 Å². The molecule has 1 aromatic heterocycles. The monoisotopic (exact) mass is 516 g/mol. The van der Waals surface area contributed by atoms with Gasteiger partial charge in [-0.15, -0.1) is 5.10 Å². The average molecular weight is 516 g/mol. The molecule has 0 spiro atoms. The largest absolute Gasteiger partial charge is 0.451 e. The van der Waals surface area contributed by atoms with E-state index in [0.717, 1.165) is 16.8 Å². The van der Waals surface area contributed by atoms with Crippen molar-refractivity contribution in [1.29, 1.82) is 0 Å². The third kappa shape index (κ3) is 6.50. The topological polar surface area (TPSA) is 111 Å². The van der Waals surface area contributed by atoms with E-state index in [0.29, 0.717) is 43.4 Å². The second-order valence-corrected chi connectivity index (χ2v) is 8.03. The highest BCUT2D eigenvalue weighted by molar-refractivity contribution is 6.15. The molecule has 2 aromatic carbocycles. The van der Waals surface area contributed by atoms with Crippen molar-refractivity contribution >= 4 is 35.0 Å². The maximum absolute atomic E-state index is 13.3. The normalized spacial score (nSPS) is 14.4. The lowest BCUT2D eigenvalue weighted by atomic mass is 10.1. The second-order valence-electron chi connectivity index (χ2n) is 8.03. The lowest BCUT2D eigenvalue weighted by Gasteiger charge is -2.31. The smallest absolute Gasteiger partial charge is 0.416 e. The summed E-state index contributed by atoms with van der Waals surface area (Å²) in [5.41, 5.74) is 0.0561. The van der Waals surface area contributed by atoms with E-state index < -0.39 is 30.2 Å². The molecule has 0 radical (unpaired) electrons. The van der Waals surface area contributed by atoms with Crippen LogP contribution in [0.4, 0.5) is 24.5 Å². The Hall–Kier alpha value is -4.26. The van der Waals surface area contributed by atoms with Crippen LogP contribution in [0.5, 0.6) is 0 Å². The first-order chi connectivity index (χ1) is 17.7. The van der Waals surface area contributed by atoms with Crippen molar-refractivity contribution in [3.63, 3.8) is 0 Å². The quantitative estimate of drug-likeness (QED) is 0.377.